The second kappa shape index (κ2) is 4.76. The first kappa shape index (κ1) is 15.1. The Morgan fingerprint density at radius 1 is 0.957 bits per heavy atom. The van der Waals surface area contributed by atoms with Gasteiger partial charge in [0.2, 0.25) is 16.6 Å². The first-order valence-corrected chi connectivity index (χ1v) is 13.8. The second-order valence-corrected chi connectivity index (χ2v) is 15.4. The number of fused-ring (bicyclic) bond motifs is 2. The van der Waals surface area contributed by atoms with Gasteiger partial charge >= 0.3 is 0 Å². The van der Waals surface area contributed by atoms with Crippen LogP contribution in [-0.2, 0) is 4.12 Å². The van der Waals surface area contributed by atoms with Crippen LogP contribution in [0.1, 0.15) is 0 Å². The molecule has 0 fully saturated rings. The molecule has 4 nitrogen and oxygen atoms in total. The predicted molar refractivity (Wildman–Crippen MR) is 99.2 cm³/mol. The number of hydrogen-bond acceptors (Lipinski definition) is 3. The Kier molecular flexibility index (Phi) is 3.12. The summed E-state index contributed by atoms with van der Waals surface area (Å²) in [5, 5.41) is 12.2. The smallest absolute Gasteiger partial charge is 0.206 e. The van der Waals surface area contributed by atoms with Gasteiger partial charge in [-0.15, -0.1) is 5.10 Å². The van der Waals surface area contributed by atoms with Gasteiger partial charge in [-0.2, -0.15) is 0 Å². The van der Waals surface area contributed by atoms with E-state index < -0.39 is 16.6 Å². The average molecular weight is 360 g/mol. The van der Waals surface area contributed by atoms with Crippen molar-refractivity contribution in [1.29, 1.82) is 0 Å². The minimum absolute atomic E-state index is 0.716. The Labute approximate surface area is 142 Å². The van der Waals surface area contributed by atoms with E-state index in [1.165, 1.54) is 10.4 Å². The van der Waals surface area contributed by atoms with E-state index in [1.54, 1.807) is 0 Å². The van der Waals surface area contributed by atoms with E-state index in [-0.39, 0.29) is 0 Å². The molecule has 0 saturated heterocycles. The van der Waals surface area contributed by atoms with E-state index in [2.05, 4.69) is 48.6 Å². The quantitative estimate of drug-likeness (QED) is 0.627. The lowest BCUT2D eigenvalue weighted by Crippen LogP contribution is -2.44. The topological polar surface area (TPSA) is 39.9 Å². The summed E-state index contributed by atoms with van der Waals surface area (Å²) in [6.07, 6.45) is 0. The molecule has 0 unspecified atom stereocenters. The molecule has 1 aliphatic heterocycles. The summed E-state index contributed by atoms with van der Waals surface area (Å²) in [5.74, 6) is 0. The molecule has 0 amide bonds. The number of aromatic nitrogens is 3. The number of hydrogen-bond donors (Lipinski definition) is 0. The summed E-state index contributed by atoms with van der Waals surface area (Å²) in [5.41, 5.74) is 2.92. The standard InChI is InChI=1S/C16H18ClN3OSi2/c1-22(2)15-9-13-14(10-16(15)23(3,4)21-22)20(19-18-13)12-7-5-11(17)6-8-12/h5-10H,1-4H3. The SMILES string of the molecule is C[Si]1(C)O[Si](C)(C)c2cc3c(cc21)nnn3-c1ccc(Cl)cc1. The highest BCUT2D eigenvalue weighted by Crippen LogP contribution is 2.25. The minimum Gasteiger partial charge on any atom is -0.449 e. The summed E-state index contributed by atoms with van der Waals surface area (Å²) in [4.78, 5) is 0. The van der Waals surface area contributed by atoms with E-state index in [1.807, 2.05) is 28.9 Å². The summed E-state index contributed by atoms with van der Waals surface area (Å²) in [6, 6.07) is 12.1. The van der Waals surface area contributed by atoms with Crippen molar-refractivity contribution in [2.45, 2.75) is 26.2 Å². The number of rotatable bonds is 1. The molecule has 2 heterocycles. The van der Waals surface area contributed by atoms with Crippen LogP contribution in [0.3, 0.4) is 0 Å². The molecule has 0 N–H and O–H groups in total. The van der Waals surface area contributed by atoms with E-state index in [9.17, 15) is 0 Å². The average Bonchev–Trinajstić information content (AvgIpc) is 2.95. The zero-order valence-electron chi connectivity index (χ0n) is 13.6. The molecule has 7 heteroatoms. The van der Waals surface area contributed by atoms with Gasteiger partial charge in [-0.25, -0.2) is 4.68 Å². The first-order valence-electron chi connectivity index (χ1n) is 7.64. The van der Waals surface area contributed by atoms with Gasteiger partial charge in [0.15, 0.2) is 0 Å². The maximum absolute atomic E-state index is 6.51. The third kappa shape index (κ3) is 2.28. The molecule has 0 saturated carbocycles. The highest BCUT2D eigenvalue weighted by molar-refractivity contribution is 7.05. The summed E-state index contributed by atoms with van der Waals surface area (Å²) in [7, 11) is -3.67. The van der Waals surface area contributed by atoms with Crippen molar-refractivity contribution in [2.24, 2.45) is 0 Å². The van der Waals surface area contributed by atoms with Crippen molar-refractivity contribution >= 4 is 49.6 Å². The second-order valence-electron chi connectivity index (χ2n) is 6.99. The molecule has 4 rings (SSSR count). The Morgan fingerprint density at radius 3 is 2.22 bits per heavy atom. The Bertz CT molecular complexity index is 919. The molecule has 0 atom stereocenters. The van der Waals surface area contributed by atoms with Crippen LogP contribution in [0.25, 0.3) is 16.7 Å². The van der Waals surface area contributed by atoms with Crippen LogP contribution < -0.4 is 10.4 Å². The maximum atomic E-state index is 6.51. The van der Waals surface area contributed by atoms with Crippen LogP contribution in [-0.4, -0.2) is 31.6 Å². The zero-order chi connectivity index (χ0) is 16.4. The fourth-order valence-corrected chi connectivity index (χ4v) is 13.8. The van der Waals surface area contributed by atoms with Gasteiger partial charge < -0.3 is 4.12 Å². The van der Waals surface area contributed by atoms with Crippen molar-refractivity contribution < 1.29 is 4.12 Å². The lowest BCUT2D eigenvalue weighted by Gasteiger charge is -2.22. The van der Waals surface area contributed by atoms with Crippen LogP contribution in [0.4, 0.5) is 0 Å². The van der Waals surface area contributed by atoms with E-state index in [4.69, 9.17) is 15.7 Å². The van der Waals surface area contributed by atoms with E-state index >= 15 is 0 Å². The molecule has 1 aliphatic rings. The summed E-state index contributed by atoms with van der Waals surface area (Å²) >= 11 is 5.99. The minimum atomic E-state index is -1.85. The zero-order valence-corrected chi connectivity index (χ0v) is 16.3. The largest absolute Gasteiger partial charge is 0.449 e. The third-order valence-corrected chi connectivity index (χ3v) is 12.5. The van der Waals surface area contributed by atoms with Crippen molar-refractivity contribution in [1.82, 2.24) is 15.0 Å². The molecule has 0 aliphatic carbocycles. The fraction of sp³-hybridized carbons (Fsp3) is 0.250. The van der Waals surface area contributed by atoms with Gasteiger partial charge in [-0.3, -0.25) is 0 Å². The van der Waals surface area contributed by atoms with Crippen LogP contribution in [0.5, 0.6) is 0 Å². The van der Waals surface area contributed by atoms with Crippen LogP contribution >= 0.6 is 11.6 Å². The highest BCUT2D eigenvalue weighted by Gasteiger charge is 2.46. The molecule has 3 aromatic rings. The molecule has 1 aromatic heterocycles. The normalized spacial score (nSPS) is 18.3. The lowest BCUT2D eigenvalue weighted by molar-refractivity contribution is 0.583. The van der Waals surface area contributed by atoms with Crippen molar-refractivity contribution in [3.05, 3.63) is 41.4 Å². The van der Waals surface area contributed by atoms with Crippen molar-refractivity contribution in [2.75, 3.05) is 0 Å². The van der Waals surface area contributed by atoms with Gasteiger partial charge in [0.25, 0.3) is 0 Å². The van der Waals surface area contributed by atoms with Gasteiger partial charge in [0.1, 0.15) is 5.52 Å². The molecule has 0 bridgehead atoms. The molecule has 0 spiro atoms. The van der Waals surface area contributed by atoms with Crippen LogP contribution in [0.15, 0.2) is 36.4 Å². The van der Waals surface area contributed by atoms with E-state index in [0.717, 1.165) is 16.7 Å². The Balaban J connectivity index is 1.96. The molecular formula is C16H18ClN3OSi2. The maximum Gasteiger partial charge on any atom is 0.206 e. The third-order valence-electron chi connectivity index (χ3n) is 4.46. The molecule has 23 heavy (non-hydrogen) atoms. The Morgan fingerprint density at radius 2 is 1.57 bits per heavy atom. The molecule has 118 valence electrons. The van der Waals surface area contributed by atoms with Crippen LogP contribution in [0, 0.1) is 0 Å². The summed E-state index contributed by atoms with van der Waals surface area (Å²) in [6.45, 7) is 9.08. The summed E-state index contributed by atoms with van der Waals surface area (Å²) < 4.78 is 8.39. The van der Waals surface area contributed by atoms with Gasteiger partial charge in [-0.05, 0) is 73.0 Å². The Hall–Kier alpha value is -1.48. The number of nitrogens with zero attached hydrogens (tertiary/aromatic N) is 3. The monoisotopic (exact) mass is 359 g/mol. The van der Waals surface area contributed by atoms with Gasteiger partial charge in [0, 0.05) is 5.02 Å². The number of halogens is 1. The van der Waals surface area contributed by atoms with Crippen LogP contribution in [0.2, 0.25) is 31.2 Å². The first-order chi connectivity index (χ1) is 10.8. The number of benzene rings is 2. The lowest BCUT2D eigenvalue weighted by atomic mass is 10.3. The molecule has 0 radical (unpaired) electrons. The molecule has 2 aromatic carbocycles. The van der Waals surface area contributed by atoms with Crippen molar-refractivity contribution in [3.8, 4) is 5.69 Å². The van der Waals surface area contributed by atoms with E-state index in [0.29, 0.717) is 5.02 Å². The highest BCUT2D eigenvalue weighted by atomic mass is 35.5. The predicted octanol–water partition coefficient (Wildman–Crippen LogP) is 2.93. The van der Waals surface area contributed by atoms with Crippen molar-refractivity contribution in [3.63, 3.8) is 0 Å². The fourth-order valence-electron chi connectivity index (χ4n) is 3.48. The van der Waals surface area contributed by atoms with Gasteiger partial charge in [-0.1, -0.05) is 16.8 Å². The molecular weight excluding hydrogens is 342 g/mol. The van der Waals surface area contributed by atoms with Gasteiger partial charge in [0.05, 0.1) is 11.2 Å².